The van der Waals surface area contributed by atoms with Gasteiger partial charge in [0.25, 0.3) is 11.5 Å². The number of carbonyl (C=O) groups excluding carboxylic acids is 1. The number of hydrogen-bond donors (Lipinski definition) is 1. The van der Waals surface area contributed by atoms with E-state index in [0.29, 0.717) is 11.5 Å². The van der Waals surface area contributed by atoms with E-state index in [1.54, 1.807) is 6.07 Å². The maximum Gasteiger partial charge on any atom is 0.258 e. The average Bonchev–Trinajstić information content (AvgIpc) is 3.82. The van der Waals surface area contributed by atoms with Gasteiger partial charge in [0.15, 0.2) is 6.80 Å². The Morgan fingerprint density at radius 3 is 2.62 bits per heavy atom. The molecule has 1 saturated heterocycles. The standard InChI is InChI=1S/C30H35FN4O2/c31-20-35(26-8-9-26)29(36)24-4-1-3-22(15-24)23-7-10-27-28(16-23)25(18-33-13-2-11-32-12-14-33)19-34(30(27)37)17-21-5-6-21/h1,3-4,7,10,15-16,19,21,26,32H,2,5-6,8-9,11-14,17-18,20H2. The van der Waals surface area contributed by atoms with E-state index in [9.17, 15) is 14.0 Å². The highest BCUT2D eigenvalue weighted by Crippen LogP contribution is 2.32. The number of alkyl halides is 1. The van der Waals surface area contributed by atoms with Crippen LogP contribution in [-0.2, 0) is 13.1 Å². The Bertz CT molecular complexity index is 1350. The van der Waals surface area contributed by atoms with Gasteiger partial charge in [0, 0.05) is 49.4 Å². The lowest BCUT2D eigenvalue weighted by Gasteiger charge is -2.22. The van der Waals surface area contributed by atoms with Crippen molar-refractivity contribution in [1.29, 1.82) is 0 Å². The Morgan fingerprint density at radius 2 is 1.84 bits per heavy atom. The first-order valence-electron chi connectivity index (χ1n) is 13.7. The number of pyridine rings is 1. The van der Waals surface area contributed by atoms with Crippen LogP contribution in [0.4, 0.5) is 4.39 Å². The average molecular weight is 503 g/mol. The van der Waals surface area contributed by atoms with E-state index in [1.807, 2.05) is 34.9 Å². The topological polar surface area (TPSA) is 57.6 Å². The Morgan fingerprint density at radius 1 is 1.00 bits per heavy atom. The number of carbonyl (C=O) groups is 1. The van der Waals surface area contributed by atoms with E-state index in [0.717, 1.165) is 80.4 Å². The highest BCUT2D eigenvalue weighted by Gasteiger charge is 2.33. The van der Waals surface area contributed by atoms with Gasteiger partial charge >= 0.3 is 0 Å². The van der Waals surface area contributed by atoms with Crippen molar-refractivity contribution >= 4 is 16.7 Å². The van der Waals surface area contributed by atoms with Gasteiger partial charge in [-0.3, -0.25) is 14.5 Å². The molecular formula is C30H35FN4O2. The van der Waals surface area contributed by atoms with Gasteiger partial charge in [0.2, 0.25) is 0 Å². The Labute approximate surface area is 217 Å². The summed E-state index contributed by atoms with van der Waals surface area (Å²) >= 11 is 0. The molecule has 2 saturated carbocycles. The van der Waals surface area contributed by atoms with Crippen molar-refractivity contribution in [2.24, 2.45) is 5.92 Å². The molecule has 0 unspecified atom stereocenters. The van der Waals surface area contributed by atoms with Gasteiger partial charge in [0.1, 0.15) is 0 Å². The third-order valence-corrected chi connectivity index (χ3v) is 7.97. The van der Waals surface area contributed by atoms with E-state index in [4.69, 9.17) is 0 Å². The highest BCUT2D eigenvalue weighted by molar-refractivity contribution is 5.96. The second kappa shape index (κ2) is 10.4. The minimum atomic E-state index is -0.758. The number of halogens is 1. The van der Waals surface area contributed by atoms with Crippen molar-refractivity contribution in [3.8, 4) is 11.1 Å². The van der Waals surface area contributed by atoms with Crippen LogP contribution in [0.25, 0.3) is 21.9 Å². The van der Waals surface area contributed by atoms with Crippen molar-refractivity contribution in [1.82, 2.24) is 19.7 Å². The first-order valence-corrected chi connectivity index (χ1v) is 13.7. The number of nitrogens with one attached hydrogen (secondary N) is 1. The molecule has 3 fully saturated rings. The number of fused-ring (bicyclic) bond motifs is 1. The van der Waals surface area contributed by atoms with Crippen LogP contribution in [0.1, 0.15) is 48.0 Å². The van der Waals surface area contributed by atoms with E-state index < -0.39 is 6.80 Å². The van der Waals surface area contributed by atoms with Crippen LogP contribution in [0.3, 0.4) is 0 Å². The number of rotatable bonds is 8. The number of amides is 1. The van der Waals surface area contributed by atoms with Gasteiger partial charge in [0.05, 0.1) is 0 Å². The lowest BCUT2D eigenvalue weighted by atomic mass is 9.97. The molecule has 2 aliphatic carbocycles. The maximum atomic E-state index is 13.6. The summed E-state index contributed by atoms with van der Waals surface area (Å²) in [6, 6.07) is 13.5. The fourth-order valence-electron chi connectivity index (χ4n) is 5.49. The number of nitrogens with zero attached hydrogens (tertiary/aromatic N) is 3. The molecule has 0 spiro atoms. The maximum absolute atomic E-state index is 13.6. The summed E-state index contributed by atoms with van der Waals surface area (Å²) in [5, 5.41) is 5.20. The van der Waals surface area contributed by atoms with Crippen LogP contribution in [-0.4, -0.2) is 59.3 Å². The summed E-state index contributed by atoms with van der Waals surface area (Å²) in [5.74, 6) is 0.357. The molecule has 6 rings (SSSR count). The van der Waals surface area contributed by atoms with Gasteiger partial charge in [-0.2, -0.15) is 0 Å². The van der Waals surface area contributed by atoms with Crippen LogP contribution < -0.4 is 10.9 Å². The van der Waals surface area contributed by atoms with E-state index in [2.05, 4.69) is 22.5 Å². The molecule has 3 aromatic rings. The lowest BCUT2D eigenvalue weighted by molar-refractivity contribution is 0.0663. The normalized spacial score (nSPS) is 18.6. The van der Waals surface area contributed by atoms with Crippen molar-refractivity contribution in [3.05, 3.63) is 70.1 Å². The fourth-order valence-corrected chi connectivity index (χ4v) is 5.49. The van der Waals surface area contributed by atoms with E-state index in [-0.39, 0.29) is 17.5 Å². The third kappa shape index (κ3) is 5.34. The van der Waals surface area contributed by atoms with Crippen molar-refractivity contribution < 1.29 is 9.18 Å². The molecule has 1 aliphatic heterocycles. The molecule has 1 amide bonds. The molecule has 0 atom stereocenters. The lowest BCUT2D eigenvalue weighted by Crippen LogP contribution is -2.32. The Hall–Kier alpha value is -3.03. The zero-order chi connectivity index (χ0) is 25.4. The fraction of sp³-hybridized carbons (Fsp3) is 0.467. The van der Waals surface area contributed by atoms with Gasteiger partial charge in [-0.1, -0.05) is 18.2 Å². The minimum Gasteiger partial charge on any atom is -0.315 e. The van der Waals surface area contributed by atoms with Crippen molar-refractivity contribution in [2.45, 2.75) is 51.2 Å². The smallest absolute Gasteiger partial charge is 0.258 e. The Kier molecular flexibility index (Phi) is 6.82. The second-order valence-electron chi connectivity index (χ2n) is 10.9. The van der Waals surface area contributed by atoms with Crippen LogP contribution >= 0.6 is 0 Å². The zero-order valence-corrected chi connectivity index (χ0v) is 21.3. The summed E-state index contributed by atoms with van der Waals surface area (Å²) in [4.78, 5) is 30.2. The summed E-state index contributed by atoms with van der Waals surface area (Å²) in [6.45, 7) is 4.87. The molecule has 1 aromatic heterocycles. The van der Waals surface area contributed by atoms with Gasteiger partial charge in [-0.05, 0) is 97.5 Å². The SMILES string of the molecule is O=C(c1cccc(-c2ccc3c(=O)n(CC4CC4)cc(CN4CCCNCC4)c3c2)c1)N(CF)C1CC1. The van der Waals surface area contributed by atoms with Gasteiger partial charge in [-0.25, -0.2) is 4.39 Å². The number of hydrogen-bond acceptors (Lipinski definition) is 4. The summed E-state index contributed by atoms with van der Waals surface area (Å²) in [7, 11) is 0. The predicted octanol–water partition coefficient (Wildman–Crippen LogP) is 4.41. The summed E-state index contributed by atoms with van der Waals surface area (Å²) in [6.07, 6.45) is 7.34. The highest BCUT2D eigenvalue weighted by atomic mass is 19.1. The second-order valence-corrected chi connectivity index (χ2v) is 10.9. The van der Waals surface area contributed by atoms with Crippen molar-refractivity contribution in [3.63, 3.8) is 0 Å². The molecular weight excluding hydrogens is 467 g/mol. The molecule has 37 heavy (non-hydrogen) atoms. The number of benzene rings is 2. The first kappa shape index (κ1) is 24.3. The first-order chi connectivity index (χ1) is 18.1. The van der Waals surface area contributed by atoms with Crippen LogP contribution in [0, 0.1) is 5.92 Å². The van der Waals surface area contributed by atoms with Crippen LogP contribution in [0.5, 0.6) is 0 Å². The van der Waals surface area contributed by atoms with Crippen LogP contribution in [0.15, 0.2) is 53.5 Å². The Balaban J connectivity index is 1.38. The molecule has 1 N–H and O–H groups in total. The molecule has 2 aromatic carbocycles. The third-order valence-electron chi connectivity index (χ3n) is 7.97. The molecule has 6 nitrogen and oxygen atoms in total. The quantitative estimate of drug-likeness (QED) is 0.464. The minimum absolute atomic E-state index is 0.0244. The molecule has 0 radical (unpaired) electrons. The molecule has 3 aliphatic rings. The molecule has 0 bridgehead atoms. The van der Waals surface area contributed by atoms with Crippen LogP contribution in [0.2, 0.25) is 0 Å². The summed E-state index contributed by atoms with van der Waals surface area (Å²) < 4.78 is 15.5. The van der Waals surface area contributed by atoms with Crippen molar-refractivity contribution in [2.75, 3.05) is 33.0 Å². The molecule has 194 valence electrons. The zero-order valence-electron chi connectivity index (χ0n) is 21.3. The van der Waals surface area contributed by atoms with E-state index in [1.165, 1.54) is 23.3 Å². The largest absolute Gasteiger partial charge is 0.315 e. The predicted molar refractivity (Wildman–Crippen MR) is 144 cm³/mol. The van der Waals surface area contributed by atoms with E-state index >= 15 is 0 Å². The van der Waals surface area contributed by atoms with Gasteiger partial charge in [-0.15, -0.1) is 0 Å². The molecule has 7 heteroatoms. The van der Waals surface area contributed by atoms with Gasteiger partial charge < -0.3 is 14.8 Å². The molecule has 2 heterocycles. The monoisotopic (exact) mass is 502 g/mol. The summed E-state index contributed by atoms with van der Waals surface area (Å²) in [5.41, 5.74) is 3.59. The number of aromatic nitrogens is 1.